The molecule has 0 radical (unpaired) electrons. The van der Waals surface area contributed by atoms with Crippen LogP contribution < -0.4 is 4.18 Å². The fourth-order valence-electron chi connectivity index (χ4n) is 1.84. The van der Waals surface area contributed by atoms with Gasteiger partial charge in [0.25, 0.3) is 0 Å². The molecule has 3 nitrogen and oxygen atoms in total. The summed E-state index contributed by atoms with van der Waals surface area (Å²) in [7, 11) is -3.48. The van der Waals surface area contributed by atoms with Crippen LogP contribution in [0.3, 0.4) is 0 Å². The monoisotopic (exact) mass is 294 g/mol. The van der Waals surface area contributed by atoms with E-state index in [9.17, 15) is 8.42 Å². The molecular weight excluding hydrogens is 271 g/mol. The number of benzene rings is 1. The molecule has 0 aromatic heterocycles. The van der Waals surface area contributed by atoms with Crippen LogP contribution in [-0.2, 0) is 10.1 Å². The van der Waals surface area contributed by atoms with Crippen LogP contribution in [0.25, 0.3) is 0 Å². The van der Waals surface area contributed by atoms with Gasteiger partial charge in [-0.15, -0.1) is 0 Å². The topological polar surface area (TPSA) is 43.4 Å². The quantitative estimate of drug-likeness (QED) is 0.547. The van der Waals surface area contributed by atoms with E-state index in [0.717, 1.165) is 25.7 Å². The number of para-hydroxylation sites is 1. The summed E-state index contributed by atoms with van der Waals surface area (Å²) < 4.78 is 28.9. The van der Waals surface area contributed by atoms with Gasteiger partial charge >= 0.3 is 39.7 Å². The Labute approximate surface area is 139 Å². The predicted octanol–water partition coefficient (Wildman–Crippen LogP) is 2.96. The van der Waals surface area contributed by atoms with Gasteiger partial charge in [-0.2, -0.15) is 8.42 Å². The van der Waals surface area contributed by atoms with E-state index >= 15 is 0 Å². The Kier molecular flexibility index (Phi) is 9.79. The molecule has 1 aromatic carbocycles. The fourth-order valence-corrected chi connectivity index (χ4v) is 3.30. The van der Waals surface area contributed by atoms with Crippen LogP contribution in [0, 0.1) is 5.92 Å². The van der Waals surface area contributed by atoms with Gasteiger partial charge in [0.05, 0.1) is 5.75 Å². The summed E-state index contributed by atoms with van der Waals surface area (Å²) in [6, 6.07) is 8.67. The van der Waals surface area contributed by atoms with Gasteiger partial charge in [-0.25, -0.2) is 0 Å². The Balaban J connectivity index is 0.00000324. The Morgan fingerprint density at radius 1 is 1.16 bits per heavy atom. The Morgan fingerprint density at radius 2 is 1.79 bits per heavy atom. The molecule has 0 aliphatic carbocycles. The Morgan fingerprint density at radius 3 is 2.32 bits per heavy atom. The first-order valence-corrected chi connectivity index (χ1v) is 8.12. The molecule has 1 aromatic rings. The molecule has 5 heteroatoms. The van der Waals surface area contributed by atoms with Crippen molar-refractivity contribution in [2.75, 3.05) is 5.75 Å². The van der Waals surface area contributed by atoms with Crippen LogP contribution in [0.4, 0.5) is 0 Å². The van der Waals surface area contributed by atoms with E-state index in [0.29, 0.717) is 5.75 Å². The number of rotatable bonds is 8. The van der Waals surface area contributed by atoms with Crippen LogP contribution in [0.2, 0.25) is 0 Å². The van der Waals surface area contributed by atoms with Crippen molar-refractivity contribution in [1.82, 2.24) is 0 Å². The standard InChI is InChI=1S/C14H22O3S.Na.H/c1-3-5-9-13(4-2)12-18(15,16)17-14-10-7-6-8-11-14;;/h6-8,10-11,13H,3-5,9,12H2,1-2H3;;. The summed E-state index contributed by atoms with van der Waals surface area (Å²) in [6.07, 6.45) is 3.98. The normalized spacial score (nSPS) is 12.5. The summed E-state index contributed by atoms with van der Waals surface area (Å²) >= 11 is 0. The van der Waals surface area contributed by atoms with Crippen molar-refractivity contribution >= 4 is 39.7 Å². The average Bonchev–Trinajstić information content (AvgIpc) is 2.35. The van der Waals surface area contributed by atoms with Gasteiger partial charge in [-0.3, -0.25) is 0 Å². The van der Waals surface area contributed by atoms with Crippen LogP contribution in [0.1, 0.15) is 39.5 Å². The molecule has 0 fully saturated rings. The second-order valence-corrected chi connectivity index (χ2v) is 6.15. The first-order chi connectivity index (χ1) is 8.57. The van der Waals surface area contributed by atoms with Crippen LogP contribution in [0.15, 0.2) is 30.3 Å². The van der Waals surface area contributed by atoms with Crippen molar-refractivity contribution in [2.45, 2.75) is 39.5 Å². The van der Waals surface area contributed by atoms with Crippen molar-refractivity contribution < 1.29 is 12.6 Å². The summed E-state index contributed by atoms with van der Waals surface area (Å²) in [5.41, 5.74) is 0. The van der Waals surface area contributed by atoms with Gasteiger partial charge < -0.3 is 4.18 Å². The molecular formula is C14H23NaO3S. The first kappa shape index (κ1) is 19.0. The summed E-state index contributed by atoms with van der Waals surface area (Å²) in [6.45, 7) is 4.14. The van der Waals surface area contributed by atoms with E-state index in [-0.39, 0.29) is 41.2 Å². The Bertz CT molecular complexity index is 431. The van der Waals surface area contributed by atoms with E-state index in [2.05, 4.69) is 6.92 Å². The van der Waals surface area contributed by atoms with Crippen molar-refractivity contribution in [2.24, 2.45) is 5.92 Å². The van der Waals surface area contributed by atoms with Crippen molar-refractivity contribution in [3.05, 3.63) is 30.3 Å². The zero-order valence-corrected chi connectivity index (χ0v) is 11.9. The van der Waals surface area contributed by atoms with Gasteiger partial charge in [-0.05, 0) is 24.5 Å². The molecule has 1 unspecified atom stereocenters. The molecule has 1 rings (SSSR count). The molecule has 1 atom stereocenters. The molecule has 0 saturated carbocycles. The summed E-state index contributed by atoms with van der Waals surface area (Å²) in [4.78, 5) is 0. The van der Waals surface area contributed by atoms with E-state index in [4.69, 9.17) is 4.18 Å². The van der Waals surface area contributed by atoms with Crippen molar-refractivity contribution in [1.29, 1.82) is 0 Å². The predicted molar refractivity (Wildman–Crippen MR) is 81.3 cm³/mol. The summed E-state index contributed by atoms with van der Waals surface area (Å²) in [5.74, 6) is 0.694. The third-order valence-corrected chi connectivity index (χ3v) is 4.28. The molecule has 0 saturated heterocycles. The molecule has 0 aliphatic rings. The minimum atomic E-state index is -3.48. The van der Waals surface area contributed by atoms with E-state index in [1.54, 1.807) is 24.3 Å². The zero-order chi connectivity index (χ0) is 13.4. The molecule has 0 amide bonds. The number of hydrogen-bond acceptors (Lipinski definition) is 3. The first-order valence-electron chi connectivity index (χ1n) is 6.54. The fraction of sp³-hybridized carbons (Fsp3) is 0.571. The van der Waals surface area contributed by atoms with Gasteiger partial charge in [-0.1, -0.05) is 51.3 Å². The molecule has 0 heterocycles. The second kappa shape index (κ2) is 9.81. The van der Waals surface area contributed by atoms with Crippen molar-refractivity contribution in [3.63, 3.8) is 0 Å². The Hall–Kier alpha value is -0.0300. The van der Waals surface area contributed by atoms with Gasteiger partial charge in [0.1, 0.15) is 5.75 Å². The third-order valence-electron chi connectivity index (χ3n) is 2.95. The van der Waals surface area contributed by atoms with E-state index in [1.807, 2.05) is 13.0 Å². The minimum absolute atomic E-state index is 0. The van der Waals surface area contributed by atoms with Crippen LogP contribution in [0.5, 0.6) is 5.75 Å². The maximum atomic E-state index is 11.9. The molecule has 0 spiro atoms. The van der Waals surface area contributed by atoms with Crippen LogP contribution >= 0.6 is 0 Å². The van der Waals surface area contributed by atoms with Crippen LogP contribution in [-0.4, -0.2) is 43.7 Å². The molecule has 19 heavy (non-hydrogen) atoms. The molecule has 104 valence electrons. The van der Waals surface area contributed by atoms with Crippen molar-refractivity contribution in [3.8, 4) is 5.75 Å². The number of unbranched alkanes of at least 4 members (excludes halogenated alkanes) is 1. The zero-order valence-electron chi connectivity index (χ0n) is 11.1. The van der Waals surface area contributed by atoms with Gasteiger partial charge in [0, 0.05) is 0 Å². The second-order valence-electron chi connectivity index (χ2n) is 4.54. The van der Waals surface area contributed by atoms with E-state index < -0.39 is 10.1 Å². The third kappa shape index (κ3) is 7.98. The van der Waals surface area contributed by atoms with Gasteiger partial charge in [0.15, 0.2) is 0 Å². The SMILES string of the molecule is CCCCC(CC)CS(=O)(=O)Oc1ccccc1.[NaH]. The number of hydrogen-bond donors (Lipinski definition) is 0. The van der Waals surface area contributed by atoms with Gasteiger partial charge in [0.2, 0.25) is 0 Å². The molecule has 0 aliphatic heterocycles. The van der Waals surface area contributed by atoms with E-state index in [1.165, 1.54) is 0 Å². The average molecular weight is 294 g/mol. The summed E-state index contributed by atoms with van der Waals surface area (Å²) in [5, 5.41) is 0. The molecule has 0 N–H and O–H groups in total. The maximum absolute atomic E-state index is 11.9. The molecule has 0 bridgehead atoms.